The second-order valence-corrected chi connectivity index (χ2v) is 6.17. The van der Waals surface area contributed by atoms with Crippen molar-refractivity contribution in [2.75, 3.05) is 5.32 Å². The molecule has 5 nitrogen and oxygen atoms in total. The van der Waals surface area contributed by atoms with Crippen LogP contribution in [0.4, 0.5) is 5.69 Å². The first kappa shape index (κ1) is 14.9. The highest BCUT2D eigenvalue weighted by Gasteiger charge is 2.13. The second kappa shape index (κ2) is 6.81. The maximum absolute atomic E-state index is 12.0. The van der Waals surface area contributed by atoms with Gasteiger partial charge in [0.1, 0.15) is 0 Å². The number of amides is 1. The van der Waals surface area contributed by atoms with Gasteiger partial charge in [-0.3, -0.25) is 9.78 Å². The number of aromatic nitrogens is 1. The molecule has 0 saturated heterocycles. The highest BCUT2D eigenvalue weighted by molar-refractivity contribution is 5.92. The Labute approximate surface area is 129 Å². The minimum Gasteiger partial charge on any atom is -0.408 e. The lowest BCUT2D eigenvalue weighted by atomic mass is 9.86. The van der Waals surface area contributed by atoms with Gasteiger partial charge >= 0.3 is 5.76 Å². The van der Waals surface area contributed by atoms with Crippen LogP contribution >= 0.6 is 0 Å². The minimum absolute atomic E-state index is 0.0287. The van der Waals surface area contributed by atoms with Crippen LogP contribution in [0.25, 0.3) is 11.1 Å². The zero-order chi connectivity index (χ0) is 15.4. The largest absolute Gasteiger partial charge is 0.417 e. The van der Waals surface area contributed by atoms with E-state index in [0.717, 1.165) is 18.8 Å². The third kappa shape index (κ3) is 3.78. The first-order chi connectivity index (χ1) is 10.7. The SMILES string of the molecule is O=C(CCCC1CCCCC1)Nc1ccc2oc(=O)[nH]c2c1. The van der Waals surface area contributed by atoms with Gasteiger partial charge in [-0.05, 0) is 37.0 Å². The Balaban J connectivity index is 1.48. The molecule has 0 aliphatic heterocycles. The zero-order valence-electron chi connectivity index (χ0n) is 12.7. The predicted octanol–water partition coefficient (Wildman–Crippen LogP) is 3.81. The summed E-state index contributed by atoms with van der Waals surface area (Å²) < 4.78 is 4.94. The molecule has 1 heterocycles. The average molecular weight is 302 g/mol. The Bertz CT molecular complexity index is 695. The van der Waals surface area contributed by atoms with E-state index >= 15 is 0 Å². The van der Waals surface area contributed by atoms with E-state index in [4.69, 9.17) is 4.42 Å². The lowest BCUT2D eigenvalue weighted by Crippen LogP contribution is -2.12. The molecule has 1 aromatic heterocycles. The lowest BCUT2D eigenvalue weighted by Gasteiger charge is -2.21. The fourth-order valence-corrected chi connectivity index (χ4v) is 3.28. The van der Waals surface area contributed by atoms with Crippen molar-refractivity contribution in [2.45, 2.75) is 51.4 Å². The van der Waals surface area contributed by atoms with Crippen molar-refractivity contribution in [1.82, 2.24) is 4.98 Å². The van der Waals surface area contributed by atoms with Gasteiger partial charge < -0.3 is 9.73 Å². The van der Waals surface area contributed by atoms with Gasteiger partial charge in [0.15, 0.2) is 5.58 Å². The van der Waals surface area contributed by atoms with Crippen LogP contribution in [0.5, 0.6) is 0 Å². The van der Waals surface area contributed by atoms with Crippen LogP contribution in [-0.4, -0.2) is 10.9 Å². The summed E-state index contributed by atoms with van der Waals surface area (Å²) >= 11 is 0. The van der Waals surface area contributed by atoms with E-state index in [1.54, 1.807) is 18.2 Å². The van der Waals surface area contributed by atoms with Crippen LogP contribution in [0.1, 0.15) is 51.4 Å². The number of carbonyl (C=O) groups is 1. The fraction of sp³-hybridized carbons (Fsp3) is 0.529. The van der Waals surface area contributed by atoms with E-state index in [9.17, 15) is 9.59 Å². The van der Waals surface area contributed by atoms with Crippen LogP contribution < -0.4 is 11.1 Å². The molecule has 1 aromatic carbocycles. The normalized spacial score (nSPS) is 16.0. The highest BCUT2D eigenvalue weighted by atomic mass is 16.4. The van der Waals surface area contributed by atoms with Gasteiger partial charge in [-0.25, -0.2) is 4.79 Å². The van der Waals surface area contributed by atoms with E-state index in [-0.39, 0.29) is 5.91 Å². The van der Waals surface area contributed by atoms with E-state index in [1.807, 2.05) is 0 Å². The predicted molar refractivity (Wildman–Crippen MR) is 85.9 cm³/mol. The molecule has 2 N–H and O–H groups in total. The standard InChI is InChI=1S/C17H22N2O3/c20-16(8-4-7-12-5-2-1-3-6-12)18-13-9-10-15-14(11-13)19-17(21)22-15/h9-12H,1-8H2,(H,18,20)(H,19,21). The van der Waals surface area contributed by atoms with E-state index in [1.165, 1.54) is 32.1 Å². The summed E-state index contributed by atoms with van der Waals surface area (Å²) in [5.74, 6) is 0.362. The van der Waals surface area contributed by atoms with Crippen molar-refractivity contribution in [3.05, 3.63) is 28.7 Å². The van der Waals surface area contributed by atoms with Crippen molar-refractivity contribution in [2.24, 2.45) is 5.92 Å². The molecule has 5 heteroatoms. The molecule has 1 saturated carbocycles. The van der Waals surface area contributed by atoms with Crippen molar-refractivity contribution < 1.29 is 9.21 Å². The topological polar surface area (TPSA) is 75.1 Å². The maximum atomic E-state index is 12.0. The van der Waals surface area contributed by atoms with Crippen molar-refractivity contribution in [3.63, 3.8) is 0 Å². The number of oxazole rings is 1. The van der Waals surface area contributed by atoms with Gasteiger partial charge in [0.2, 0.25) is 5.91 Å². The molecule has 3 rings (SSSR count). The monoisotopic (exact) mass is 302 g/mol. The molecule has 1 amide bonds. The summed E-state index contributed by atoms with van der Waals surface area (Å²) in [6.07, 6.45) is 9.37. The summed E-state index contributed by atoms with van der Waals surface area (Å²) in [4.78, 5) is 25.7. The average Bonchev–Trinajstić information content (AvgIpc) is 2.87. The van der Waals surface area contributed by atoms with E-state index < -0.39 is 5.76 Å². The summed E-state index contributed by atoms with van der Waals surface area (Å²) in [5.41, 5.74) is 1.79. The second-order valence-electron chi connectivity index (χ2n) is 6.17. The first-order valence-corrected chi connectivity index (χ1v) is 8.13. The number of carbonyl (C=O) groups excluding carboxylic acids is 1. The van der Waals surface area contributed by atoms with Crippen LogP contribution in [-0.2, 0) is 4.79 Å². The summed E-state index contributed by atoms with van der Waals surface area (Å²) in [5, 5.41) is 2.88. The van der Waals surface area contributed by atoms with Crippen LogP contribution in [0, 0.1) is 5.92 Å². The van der Waals surface area contributed by atoms with Gasteiger partial charge in [-0.2, -0.15) is 0 Å². The Morgan fingerprint density at radius 2 is 2.09 bits per heavy atom. The quantitative estimate of drug-likeness (QED) is 0.881. The number of fused-ring (bicyclic) bond motifs is 1. The fourth-order valence-electron chi connectivity index (χ4n) is 3.28. The van der Waals surface area contributed by atoms with Crippen LogP contribution in [0.2, 0.25) is 0 Å². The first-order valence-electron chi connectivity index (χ1n) is 8.13. The van der Waals surface area contributed by atoms with Gasteiger partial charge in [-0.15, -0.1) is 0 Å². The summed E-state index contributed by atoms with van der Waals surface area (Å²) in [7, 11) is 0. The zero-order valence-corrected chi connectivity index (χ0v) is 12.7. The third-order valence-corrected chi connectivity index (χ3v) is 4.44. The minimum atomic E-state index is -0.481. The molecule has 2 aromatic rings. The van der Waals surface area contributed by atoms with Crippen LogP contribution in [0.15, 0.2) is 27.4 Å². The van der Waals surface area contributed by atoms with E-state index in [2.05, 4.69) is 10.3 Å². The Hall–Kier alpha value is -2.04. The van der Waals surface area contributed by atoms with Crippen molar-refractivity contribution in [1.29, 1.82) is 0 Å². The van der Waals surface area contributed by atoms with E-state index in [0.29, 0.717) is 23.2 Å². The number of hydrogen-bond acceptors (Lipinski definition) is 3. The Kier molecular flexibility index (Phi) is 4.61. The Morgan fingerprint density at radius 1 is 1.27 bits per heavy atom. The van der Waals surface area contributed by atoms with Crippen molar-refractivity contribution in [3.8, 4) is 0 Å². The molecule has 0 atom stereocenters. The van der Waals surface area contributed by atoms with Gasteiger partial charge in [0, 0.05) is 12.1 Å². The molecule has 0 unspecified atom stereocenters. The van der Waals surface area contributed by atoms with Gasteiger partial charge in [0.05, 0.1) is 5.52 Å². The maximum Gasteiger partial charge on any atom is 0.417 e. The van der Waals surface area contributed by atoms with Gasteiger partial charge in [-0.1, -0.05) is 32.1 Å². The molecule has 1 fully saturated rings. The molecule has 1 aliphatic carbocycles. The molecule has 22 heavy (non-hydrogen) atoms. The number of benzene rings is 1. The number of H-pyrrole nitrogens is 1. The molecule has 0 bridgehead atoms. The number of nitrogens with one attached hydrogen (secondary N) is 2. The highest BCUT2D eigenvalue weighted by Crippen LogP contribution is 2.27. The number of aromatic amines is 1. The molecule has 1 aliphatic rings. The van der Waals surface area contributed by atoms with Gasteiger partial charge in [0.25, 0.3) is 0 Å². The molecular weight excluding hydrogens is 280 g/mol. The third-order valence-electron chi connectivity index (χ3n) is 4.44. The molecular formula is C17H22N2O3. The number of anilines is 1. The Morgan fingerprint density at radius 3 is 2.91 bits per heavy atom. The van der Waals surface area contributed by atoms with Crippen molar-refractivity contribution >= 4 is 22.7 Å². The summed E-state index contributed by atoms with van der Waals surface area (Å²) in [6, 6.07) is 5.16. The van der Waals surface area contributed by atoms with Crippen LogP contribution in [0.3, 0.4) is 0 Å². The number of hydrogen-bond donors (Lipinski definition) is 2. The number of rotatable bonds is 5. The molecule has 0 radical (unpaired) electrons. The molecule has 0 spiro atoms. The molecule has 118 valence electrons. The smallest absolute Gasteiger partial charge is 0.408 e. The lowest BCUT2D eigenvalue weighted by molar-refractivity contribution is -0.116. The summed E-state index contributed by atoms with van der Waals surface area (Å²) in [6.45, 7) is 0.